The number of carbonyl (C=O) groups excluding carboxylic acids is 2. The molecule has 0 aromatic rings. The van der Waals surface area contributed by atoms with E-state index in [4.69, 9.17) is 9.84 Å². The summed E-state index contributed by atoms with van der Waals surface area (Å²) < 4.78 is 5.50. The van der Waals surface area contributed by atoms with Crippen molar-refractivity contribution >= 4 is 11.7 Å². The lowest BCUT2D eigenvalue weighted by Crippen LogP contribution is -2.47. The quantitative estimate of drug-likeness (QED) is 0.747. The number of piperidine rings is 2. The predicted molar refractivity (Wildman–Crippen MR) is 73.3 cm³/mol. The maximum Gasteiger partial charge on any atom is 0.236 e. The Morgan fingerprint density at radius 3 is 2.45 bits per heavy atom. The molecule has 114 valence electrons. The molecule has 0 unspecified atom stereocenters. The van der Waals surface area contributed by atoms with Crippen LogP contribution in [0.4, 0.5) is 0 Å². The van der Waals surface area contributed by atoms with Gasteiger partial charge in [-0.1, -0.05) is 0 Å². The molecule has 0 bridgehead atoms. The van der Waals surface area contributed by atoms with Crippen LogP contribution in [0.15, 0.2) is 0 Å². The number of aliphatic hydroxyl groups excluding tert-OH is 1. The van der Waals surface area contributed by atoms with Crippen LogP contribution < -0.4 is 0 Å². The summed E-state index contributed by atoms with van der Waals surface area (Å²) >= 11 is 0. The fraction of sp³-hybridized carbons (Fsp3) is 0.857. The van der Waals surface area contributed by atoms with E-state index in [9.17, 15) is 9.59 Å². The molecule has 1 amide bonds. The van der Waals surface area contributed by atoms with Crippen molar-refractivity contribution in [2.24, 2.45) is 0 Å². The van der Waals surface area contributed by atoms with E-state index >= 15 is 0 Å². The van der Waals surface area contributed by atoms with E-state index in [1.54, 1.807) is 4.90 Å². The van der Waals surface area contributed by atoms with Crippen molar-refractivity contribution in [2.45, 2.75) is 31.8 Å². The summed E-state index contributed by atoms with van der Waals surface area (Å²) in [5, 5.41) is 8.72. The van der Waals surface area contributed by atoms with Crippen LogP contribution in [0.2, 0.25) is 0 Å². The summed E-state index contributed by atoms with van der Waals surface area (Å²) in [5.41, 5.74) is 0. The molecule has 1 N–H and O–H groups in total. The molecule has 2 fully saturated rings. The van der Waals surface area contributed by atoms with Gasteiger partial charge in [0.25, 0.3) is 0 Å². The minimum atomic E-state index is 0.0619. The highest BCUT2D eigenvalue weighted by Gasteiger charge is 2.25. The maximum absolute atomic E-state index is 12.1. The van der Waals surface area contributed by atoms with E-state index in [1.165, 1.54) is 0 Å². The van der Waals surface area contributed by atoms with Crippen LogP contribution in [-0.2, 0) is 14.3 Å². The normalized spacial score (nSPS) is 22.2. The topological polar surface area (TPSA) is 70.1 Å². The molecule has 0 aliphatic carbocycles. The lowest BCUT2D eigenvalue weighted by atomic mass is 10.1. The zero-order chi connectivity index (χ0) is 14.4. The average Bonchev–Trinajstić information content (AvgIpc) is 2.47. The third-order valence-corrected chi connectivity index (χ3v) is 4.01. The van der Waals surface area contributed by atoms with E-state index in [1.807, 2.05) is 0 Å². The number of ketones is 1. The summed E-state index contributed by atoms with van der Waals surface area (Å²) in [7, 11) is 0. The molecule has 2 rings (SSSR count). The SMILES string of the molecule is O=C1CCN(C(=O)CN2CCC(OCCO)CC2)CC1. The van der Waals surface area contributed by atoms with E-state index in [2.05, 4.69) is 4.90 Å². The fourth-order valence-corrected chi connectivity index (χ4v) is 2.75. The summed E-state index contributed by atoms with van der Waals surface area (Å²) in [6.45, 7) is 3.77. The number of aliphatic hydroxyl groups is 1. The van der Waals surface area contributed by atoms with Crippen molar-refractivity contribution in [3.63, 3.8) is 0 Å². The van der Waals surface area contributed by atoms with Gasteiger partial charge in [0.15, 0.2) is 0 Å². The van der Waals surface area contributed by atoms with Crippen molar-refractivity contribution in [1.29, 1.82) is 0 Å². The number of likely N-dealkylation sites (tertiary alicyclic amines) is 2. The molecule has 0 saturated carbocycles. The second-order valence-corrected chi connectivity index (χ2v) is 5.49. The van der Waals surface area contributed by atoms with Gasteiger partial charge in [0.05, 0.1) is 25.9 Å². The third-order valence-electron chi connectivity index (χ3n) is 4.01. The molecular formula is C14H24N2O4. The van der Waals surface area contributed by atoms with Crippen LogP contribution in [-0.4, -0.2) is 78.6 Å². The minimum Gasteiger partial charge on any atom is -0.394 e. The highest BCUT2D eigenvalue weighted by Crippen LogP contribution is 2.14. The number of nitrogens with zero attached hydrogens (tertiary/aromatic N) is 2. The van der Waals surface area contributed by atoms with Gasteiger partial charge in [-0.3, -0.25) is 14.5 Å². The second kappa shape index (κ2) is 7.71. The van der Waals surface area contributed by atoms with Crippen LogP contribution in [0.25, 0.3) is 0 Å². The summed E-state index contributed by atoms with van der Waals surface area (Å²) in [6.07, 6.45) is 3.03. The molecule has 0 spiro atoms. The number of carbonyl (C=O) groups is 2. The predicted octanol–water partition coefficient (Wildman–Crippen LogP) is -0.349. The lowest BCUT2D eigenvalue weighted by molar-refractivity contribution is -0.136. The van der Waals surface area contributed by atoms with E-state index < -0.39 is 0 Å². The molecule has 2 aliphatic heterocycles. The highest BCUT2D eigenvalue weighted by atomic mass is 16.5. The molecule has 0 radical (unpaired) electrons. The Hall–Kier alpha value is -0.980. The van der Waals surface area contributed by atoms with Crippen molar-refractivity contribution < 1.29 is 19.4 Å². The first-order chi connectivity index (χ1) is 9.69. The van der Waals surface area contributed by atoms with Crippen LogP contribution in [0, 0.1) is 0 Å². The largest absolute Gasteiger partial charge is 0.394 e. The average molecular weight is 284 g/mol. The minimum absolute atomic E-state index is 0.0619. The van der Waals surface area contributed by atoms with Gasteiger partial charge in [-0.2, -0.15) is 0 Å². The second-order valence-electron chi connectivity index (χ2n) is 5.49. The molecule has 20 heavy (non-hydrogen) atoms. The van der Waals surface area contributed by atoms with Gasteiger partial charge >= 0.3 is 0 Å². The first-order valence-corrected chi connectivity index (χ1v) is 7.43. The van der Waals surface area contributed by atoms with E-state index in [-0.39, 0.29) is 24.4 Å². The third kappa shape index (κ3) is 4.54. The lowest BCUT2D eigenvalue weighted by Gasteiger charge is -2.33. The summed E-state index contributed by atoms with van der Waals surface area (Å²) in [6, 6.07) is 0. The van der Waals surface area contributed by atoms with Crippen LogP contribution >= 0.6 is 0 Å². The number of hydrogen-bond acceptors (Lipinski definition) is 5. The zero-order valence-corrected chi connectivity index (χ0v) is 11.9. The molecule has 0 aromatic heterocycles. The zero-order valence-electron chi connectivity index (χ0n) is 11.9. The Morgan fingerprint density at radius 1 is 1.20 bits per heavy atom. The molecule has 6 heteroatoms. The Bertz CT molecular complexity index is 330. The number of ether oxygens (including phenoxy) is 1. The van der Waals surface area contributed by atoms with Gasteiger partial charge in [-0.05, 0) is 12.8 Å². The Labute approximate surface area is 119 Å². The van der Waals surface area contributed by atoms with Crippen molar-refractivity contribution in [2.75, 3.05) is 45.9 Å². The number of rotatable bonds is 5. The smallest absolute Gasteiger partial charge is 0.236 e. The number of hydrogen-bond donors (Lipinski definition) is 1. The van der Waals surface area contributed by atoms with Crippen LogP contribution in [0.5, 0.6) is 0 Å². The first kappa shape index (κ1) is 15.4. The number of amides is 1. The molecule has 0 atom stereocenters. The molecule has 2 heterocycles. The monoisotopic (exact) mass is 284 g/mol. The van der Waals surface area contributed by atoms with Crippen molar-refractivity contribution in [3.05, 3.63) is 0 Å². The molecule has 2 saturated heterocycles. The van der Waals surface area contributed by atoms with E-state index in [0.29, 0.717) is 39.1 Å². The summed E-state index contributed by atoms with van der Waals surface area (Å²) in [4.78, 5) is 27.3. The van der Waals surface area contributed by atoms with Gasteiger partial charge in [-0.25, -0.2) is 0 Å². The van der Waals surface area contributed by atoms with Gasteiger partial charge < -0.3 is 14.7 Å². The van der Waals surface area contributed by atoms with Crippen LogP contribution in [0.1, 0.15) is 25.7 Å². The van der Waals surface area contributed by atoms with Gasteiger partial charge in [-0.15, -0.1) is 0 Å². The van der Waals surface area contributed by atoms with Crippen molar-refractivity contribution in [1.82, 2.24) is 9.80 Å². The standard InChI is InChI=1S/C14H24N2O4/c17-9-10-20-13-3-5-15(6-4-13)11-14(19)16-7-1-12(18)2-8-16/h13,17H,1-11H2. The Balaban J connectivity index is 1.67. The fourth-order valence-electron chi connectivity index (χ4n) is 2.75. The maximum atomic E-state index is 12.1. The number of Topliss-reactive ketones (excluding diaryl/α,β-unsaturated/α-hetero) is 1. The van der Waals surface area contributed by atoms with Crippen LogP contribution in [0.3, 0.4) is 0 Å². The molecule has 2 aliphatic rings. The van der Waals surface area contributed by atoms with Crippen molar-refractivity contribution in [3.8, 4) is 0 Å². The van der Waals surface area contributed by atoms with Gasteiger partial charge in [0.2, 0.25) is 5.91 Å². The Kier molecular flexibility index (Phi) is 5.94. The molecular weight excluding hydrogens is 260 g/mol. The molecule has 6 nitrogen and oxygen atoms in total. The van der Waals surface area contributed by atoms with Gasteiger partial charge in [0, 0.05) is 39.0 Å². The highest BCUT2D eigenvalue weighted by molar-refractivity contribution is 5.84. The molecule has 0 aromatic carbocycles. The Morgan fingerprint density at radius 2 is 1.85 bits per heavy atom. The first-order valence-electron chi connectivity index (χ1n) is 7.43. The summed E-state index contributed by atoms with van der Waals surface area (Å²) in [5.74, 6) is 0.392. The van der Waals surface area contributed by atoms with E-state index in [0.717, 1.165) is 25.9 Å². The van der Waals surface area contributed by atoms with Gasteiger partial charge in [0.1, 0.15) is 5.78 Å².